The van der Waals surface area contributed by atoms with Crippen molar-refractivity contribution in [2.75, 3.05) is 12.3 Å². The summed E-state index contributed by atoms with van der Waals surface area (Å²) >= 11 is 0. The highest BCUT2D eigenvalue weighted by Gasteiger charge is 2.28. The van der Waals surface area contributed by atoms with Crippen LogP contribution in [0.4, 0.5) is 5.82 Å². The normalized spacial score (nSPS) is 14.6. The number of anilines is 1. The van der Waals surface area contributed by atoms with E-state index in [1.807, 2.05) is 13.0 Å². The van der Waals surface area contributed by atoms with E-state index in [0.717, 1.165) is 24.1 Å². The number of aliphatic hydroxyl groups is 1. The average Bonchev–Trinajstić information content (AvgIpc) is 3.45. The highest BCUT2D eigenvalue weighted by Crippen LogP contribution is 2.41. The van der Waals surface area contributed by atoms with Crippen molar-refractivity contribution in [1.29, 1.82) is 0 Å². The zero-order chi connectivity index (χ0) is 23.1. The first kappa shape index (κ1) is 22.4. The summed E-state index contributed by atoms with van der Waals surface area (Å²) < 4.78 is 33.5. The molecule has 2 aromatic heterocycles. The Morgan fingerprint density at radius 2 is 2.03 bits per heavy atom. The van der Waals surface area contributed by atoms with Gasteiger partial charge in [-0.3, -0.25) is 0 Å². The molecule has 32 heavy (non-hydrogen) atoms. The van der Waals surface area contributed by atoms with Crippen molar-refractivity contribution in [2.45, 2.75) is 56.4 Å². The second-order valence-corrected chi connectivity index (χ2v) is 10.6. The molecule has 0 unspecified atom stereocenters. The Labute approximate surface area is 187 Å². The molecule has 170 valence electrons. The first-order valence-corrected chi connectivity index (χ1v) is 11.9. The highest BCUT2D eigenvalue weighted by atomic mass is 32.2. The van der Waals surface area contributed by atoms with Gasteiger partial charge in [0.15, 0.2) is 17.3 Å². The summed E-state index contributed by atoms with van der Waals surface area (Å²) in [7, 11) is -3.76. The van der Waals surface area contributed by atoms with Gasteiger partial charge in [-0.05, 0) is 57.7 Å². The molecule has 1 aliphatic rings. The summed E-state index contributed by atoms with van der Waals surface area (Å²) in [4.78, 5) is 8.96. The van der Waals surface area contributed by atoms with Crippen LogP contribution < -0.4 is 10.5 Å². The number of benzene rings is 1. The number of aromatic nitrogens is 3. The molecule has 9 nitrogen and oxygen atoms in total. The number of nitrogens with zero attached hydrogens (tertiary/aromatic N) is 3. The number of nitrogen functional groups attached to an aromatic ring is 1. The topological polar surface area (TPSA) is 144 Å². The average molecular weight is 458 g/mol. The van der Waals surface area contributed by atoms with Crippen LogP contribution in [0.5, 0.6) is 0 Å². The zero-order valence-electron chi connectivity index (χ0n) is 18.3. The Morgan fingerprint density at radius 1 is 1.28 bits per heavy atom. The van der Waals surface area contributed by atoms with Gasteiger partial charge in [0.25, 0.3) is 0 Å². The number of aryl methyl sites for hydroxylation is 1. The van der Waals surface area contributed by atoms with Crippen LogP contribution in [0.2, 0.25) is 0 Å². The van der Waals surface area contributed by atoms with Crippen LogP contribution in [0.3, 0.4) is 0 Å². The second kappa shape index (κ2) is 8.27. The molecule has 0 aliphatic heterocycles. The predicted octanol–water partition coefficient (Wildman–Crippen LogP) is 3.01. The first-order chi connectivity index (χ1) is 15.0. The molecule has 3 aromatic rings. The van der Waals surface area contributed by atoms with Crippen molar-refractivity contribution in [1.82, 2.24) is 19.8 Å². The summed E-state index contributed by atoms with van der Waals surface area (Å²) in [6, 6.07) is 6.65. The molecule has 0 amide bonds. The fourth-order valence-electron chi connectivity index (χ4n) is 3.30. The molecular weight excluding hydrogens is 430 g/mol. The number of sulfonamides is 1. The van der Waals surface area contributed by atoms with Gasteiger partial charge >= 0.3 is 0 Å². The fraction of sp³-hybridized carbons (Fsp3) is 0.409. The Hall–Kier alpha value is -2.82. The number of rotatable bonds is 8. The third kappa shape index (κ3) is 4.98. The minimum atomic E-state index is -3.76. The molecule has 1 aromatic carbocycles. The maximum Gasteiger partial charge on any atom is 0.240 e. The van der Waals surface area contributed by atoms with Crippen molar-refractivity contribution in [3.05, 3.63) is 41.7 Å². The van der Waals surface area contributed by atoms with Gasteiger partial charge in [0.05, 0.1) is 28.1 Å². The number of hydrogen-bond acceptors (Lipinski definition) is 8. The minimum Gasteiger partial charge on any atom is -0.390 e. The van der Waals surface area contributed by atoms with Crippen molar-refractivity contribution >= 4 is 15.8 Å². The molecule has 0 bridgehead atoms. The molecule has 4 rings (SSSR count). The lowest BCUT2D eigenvalue weighted by Crippen LogP contribution is -2.30. The predicted molar refractivity (Wildman–Crippen MR) is 120 cm³/mol. The van der Waals surface area contributed by atoms with Crippen molar-refractivity contribution in [3.8, 4) is 22.7 Å². The van der Waals surface area contributed by atoms with Gasteiger partial charge in [0.1, 0.15) is 0 Å². The Bertz CT molecular complexity index is 1240. The Balaban J connectivity index is 1.65. The third-order valence-electron chi connectivity index (χ3n) is 5.38. The van der Waals surface area contributed by atoms with E-state index in [1.54, 1.807) is 26.0 Å². The Kier molecular flexibility index (Phi) is 5.78. The van der Waals surface area contributed by atoms with Crippen LogP contribution in [0, 0.1) is 6.92 Å². The van der Waals surface area contributed by atoms with E-state index in [9.17, 15) is 13.5 Å². The molecule has 1 aliphatic carbocycles. The van der Waals surface area contributed by atoms with Crippen molar-refractivity contribution in [2.24, 2.45) is 0 Å². The molecule has 0 spiro atoms. The van der Waals surface area contributed by atoms with Gasteiger partial charge in [-0.15, -0.1) is 0 Å². The van der Waals surface area contributed by atoms with E-state index >= 15 is 0 Å². The zero-order valence-corrected chi connectivity index (χ0v) is 19.1. The first-order valence-electron chi connectivity index (χ1n) is 10.5. The third-order valence-corrected chi connectivity index (χ3v) is 6.84. The van der Waals surface area contributed by atoms with Gasteiger partial charge in [0.2, 0.25) is 10.0 Å². The maximum atomic E-state index is 12.8. The highest BCUT2D eigenvalue weighted by molar-refractivity contribution is 7.89. The van der Waals surface area contributed by atoms with Crippen LogP contribution in [0.1, 0.15) is 50.3 Å². The summed E-state index contributed by atoms with van der Waals surface area (Å²) in [5.74, 6) is 1.08. The quantitative estimate of drug-likeness (QED) is 0.468. The lowest BCUT2D eigenvalue weighted by Gasteiger charge is -2.17. The van der Waals surface area contributed by atoms with Crippen LogP contribution in [-0.2, 0) is 10.0 Å². The lowest BCUT2D eigenvalue weighted by atomic mass is 10.1. The molecule has 1 saturated carbocycles. The summed E-state index contributed by atoms with van der Waals surface area (Å²) in [6.07, 6.45) is 3.99. The van der Waals surface area contributed by atoms with Crippen LogP contribution in [-0.4, -0.2) is 40.8 Å². The standard InChI is InChI=1S/C22H27N5O4S/c1-13-4-7-15(32(29,30)25-9-8-22(2,3)28)10-16(13)18-12-24-21(23)20(26-18)19-11-17(27-31-19)14-5-6-14/h4,7,10-12,14,25,28H,5-6,8-9H2,1-3H3,(H2,23,24). The molecule has 1 fully saturated rings. The summed E-state index contributed by atoms with van der Waals surface area (Å²) in [5, 5.41) is 13.9. The van der Waals surface area contributed by atoms with Gasteiger partial charge in [-0.1, -0.05) is 11.2 Å². The molecule has 10 heteroatoms. The van der Waals surface area contributed by atoms with Crippen LogP contribution >= 0.6 is 0 Å². The molecule has 4 N–H and O–H groups in total. The molecule has 2 heterocycles. The van der Waals surface area contributed by atoms with E-state index in [2.05, 4.69) is 19.8 Å². The van der Waals surface area contributed by atoms with Gasteiger partial charge < -0.3 is 15.4 Å². The van der Waals surface area contributed by atoms with Crippen molar-refractivity contribution in [3.63, 3.8) is 0 Å². The fourth-order valence-corrected chi connectivity index (χ4v) is 4.36. The van der Waals surface area contributed by atoms with E-state index < -0.39 is 15.6 Å². The minimum absolute atomic E-state index is 0.102. The van der Waals surface area contributed by atoms with Crippen LogP contribution in [0.25, 0.3) is 22.7 Å². The molecule has 0 radical (unpaired) electrons. The van der Waals surface area contributed by atoms with Crippen molar-refractivity contribution < 1.29 is 18.0 Å². The lowest BCUT2D eigenvalue weighted by molar-refractivity contribution is 0.0728. The van der Waals surface area contributed by atoms with E-state index in [1.165, 1.54) is 12.3 Å². The molecule has 0 saturated heterocycles. The second-order valence-electron chi connectivity index (χ2n) is 8.82. The van der Waals surface area contributed by atoms with Gasteiger partial charge in [0, 0.05) is 24.1 Å². The SMILES string of the molecule is Cc1ccc(S(=O)(=O)NCCC(C)(C)O)cc1-c1cnc(N)c(-c2cc(C3CC3)no2)n1. The van der Waals surface area contributed by atoms with E-state index in [-0.39, 0.29) is 23.7 Å². The smallest absolute Gasteiger partial charge is 0.240 e. The Morgan fingerprint density at radius 3 is 2.72 bits per heavy atom. The molecular formula is C22H27N5O4S. The number of hydrogen-bond donors (Lipinski definition) is 3. The van der Waals surface area contributed by atoms with Gasteiger partial charge in [-0.25, -0.2) is 23.1 Å². The summed E-state index contributed by atoms with van der Waals surface area (Å²) in [6.45, 7) is 5.25. The van der Waals surface area contributed by atoms with E-state index in [0.29, 0.717) is 28.6 Å². The number of nitrogens with two attached hydrogens (primary N) is 1. The van der Waals surface area contributed by atoms with E-state index in [4.69, 9.17) is 10.3 Å². The monoisotopic (exact) mass is 457 g/mol. The van der Waals surface area contributed by atoms with Crippen LogP contribution in [0.15, 0.2) is 39.9 Å². The molecule has 0 atom stereocenters. The largest absolute Gasteiger partial charge is 0.390 e. The number of nitrogens with one attached hydrogen (secondary N) is 1. The summed E-state index contributed by atoms with van der Waals surface area (Å²) in [5.41, 5.74) is 8.26. The maximum absolute atomic E-state index is 12.8. The van der Waals surface area contributed by atoms with Gasteiger partial charge in [-0.2, -0.15) is 0 Å².